The normalized spacial score (nSPS) is 23.4. The molecule has 30 heavy (non-hydrogen) atoms. The molecule has 5 nitrogen and oxygen atoms in total. The number of aromatic amines is 1. The molecule has 2 N–H and O–H groups in total. The lowest BCUT2D eigenvalue weighted by atomic mass is 9.71. The van der Waals surface area contributed by atoms with Crippen molar-refractivity contribution in [3.8, 4) is 0 Å². The number of carbonyl (C=O) groups is 1. The summed E-state index contributed by atoms with van der Waals surface area (Å²) in [7, 11) is 2.16. The van der Waals surface area contributed by atoms with Gasteiger partial charge >= 0.3 is 5.97 Å². The number of hydrogen-bond acceptors (Lipinski definition) is 4. The maximum absolute atomic E-state index is 13.2. The molecular weight excluding hydrogens is 374 g/mol. The summed E-state index contributed by atoms with van der Waals surface area (Å²) in [6, 6.07) is 18.4. The number of fused-ring (bicyclic) bond motifs is 4. The summed E-state index contributed by atoms with van der Waals surface area (Å²) in [5.41, 5.74) is 4.51. The number of hydrogen-bond donors (Lipinski definition) is 2. The highest BCUT2D eigenvalue weighted by molar-refractivity contribution is 5.89. The van der Waals surface area contributed by atoms with Gasteiger partial charge in [0.15, 0.2) is 0 Å². The highest BCUT2D eigenvalue weighted by Gasteiger charge is 2.50. The Morgan fingerprint density at radius 1 is 1.10 bits per heavy atom. The Kier molecular flexibility index (Phi) is 4.88. The molecule has 3 aromatic rings. The lowest BCUT2D eigenvalue weighted by molar-refractivity contribution is -0.147. The van der Waals surface area contributed by atoms with Crippen LogP contribution in [-0.4, -0.2) is 48.6 Å². The number of esters is 1. The lowest BCUT2D eigenvalue weighted by Crippen LogP contribution is -2.61. The molecule has 0 bridgehead atoms. The van der Waals surface area contributed by atoms with Gasteiger partial charge in [0.05, 0.1) is 12.1 Å². The summed E-state index contributed by atoms with van der Waals surface area (Å²) in [5.74, 6) is -0.262. The third kappa shape index (κ3) is 3.04. The molecule has 156 valence electrons. The van der Waals surface area contributed by atoms with Crippen LogP contribution < -0.4 is 5.32 Å². The minimum atomic E-state index is -0.414. The predicted molar refractivity (Wildman–Crippen MR) is 119 cm³/mol. The van der Waals surface area contributed by atoms with E-state index in [1.807, 2.05) is 25.1 Å². The van der Waals surface area contributed by atoms with Crippen molar-refractivity contribution in [3.63, 3.8) is 0 Å². The van der Waals surface area contributed by atoms with Crippen LogP contribution in [0.5, 0.6) is 0 Å². The Balaban J connectivity index is 1.75. The molecule has 5 heteroatoms. The number of benzene rings is 2. The molecule has 0 aliphatic carbocycles. The van der Waals surface area contributed by atoms with E-state index in [1.165, 1.54) is 16.6 Å². The fourth-order valence-electron chi connectivity index (χ4n) is 5.33. The maximum atomic E-state index is 13.2. The van der Waals surface area contributed by atoms with Crippen molar-refractivity contribution in [2.24, 2.45) is 0 Å². The van der Waals surface area contributed by atoms with Gasteiger partial charge in [-0.3, -0.25) is 10.1 Å². The molecule has 0 radical (unpaired) electrons. The average Bonchev–Trinajstić information content (AvgIpc) is 3.17. The summed E-state index contributed by atoms with van der Waals surface area (Å²) in [6.45, 7) is 4.25. The van der Waals surface area contributed by atoms with Crippen molar-refractivity contribution in [2.45, 2.75) is 37.3 Å². The molecule has 1 aromatic heterocycles. The zero-order valence-corrected chi connectivity index (χ0v) is 17.7. The summed E-state index contributed by atoms with van der Waals surface area (Å²) in [6.07, 6.45) is 1.92. The summed E-state index contributed by atoms with van der Waals surface area (Å²) < 4.78 is 5.57. The number of piperidine rings is 1. The standard InChI is InChI=1S/C25H29N3O2/c1-3-30-24(29)22-20(17-9-5-4-6-10-17)21-18-11-7-8-12-19(18)26-23(21)25(27-22)13-15-28(2)16-14-25/h4-12,20,22,26-27H,3,13-16H2,1-2H3/t20-,22+/m1/s1. The van der Waals surface area contributed by atoms with Crippen LogP contribution in [0, 0.1) is 0 Å². The van der Waals surface area contributed by atoms with Crippen LogP contribution in [0.1, 0.15) is 42.5 Å². The molecular formula is C25H29N3O2. The maximum Gasteiger partial charge on any atom is 0.324 e. The Hall–Kier alpha value is -2.63. The van der Waals surface area contributed by atoms with Gasteiger partial charge in [-0.25, -0.2) is 0 Å². The summed E-state index contributed by atoms with van der Waals surface area (Å²) in [5, 5.41) is 5.01. The fourth-order valence-corrected chi connectivity index (χ4v) is 5.33. The van der Waals surface area contributed by atoms with E-state index in [0.717, 1.165) is 37.0 Å². The van der Waals surface area contributed by atoms with Gasteiger partial charge in [-0.1, -0.05) is 48.5 Å². The Bertz CT molecular complexity index is 1050. The van der Waals surface area contributed by atoms with E-state index >= 15 is 0 Å². The molecule has 1 fully saturated rings. The summed E-state index contributed by atoms with van der Waals surface area (Å²) >= 11 is 0. The number of aromatic nitrogens is 1. The Morgan fingerprint density at radius 2 is 1.80 bits per heavy atom. The van der Waals surface area contributed by atoms with Gasteiger partial charge in [0.1, 0.15) is 6.04 Å². The molecule has 2 aliphatic rings. The Labute approximate surface area is 177 Å². The first-order chi connectivity index (χ1) is 14.6. The molecule has 2 aromatic carbocycles. The topological polar surface area (TPSA) is 57.4 Å². The first-order valence-corrected chi connectivity index (χ1v) is 10.9. The monoisotopic (exact) mass is 403 g/mol. The second-order valence-electron chi connectivity index (χ2n) is 8.61. The lowest BCUT2D eigenvalue weighted by Gasteiger charge is -2.48. The van der Waals surface area contributed by atoms with Crippen molar-refractivity contribution in [1.29, 1.82) is 0 Å². The van der Waals surface area contributed by atoms with Crippen molar-refractivity contribution in [2.75, 3.05) is 26.7 Å². The van der Waals surface area contributed by atoms with Gasteiger partial charge in [0.2, 0.25) is 0 Å². The molecule has 2 aliphatic heterocycles. The van der Waals surface area contributed by atoms with E-state index in [4.69, 9.17) is 4.74 Å². The van der Waals surface area contributed by atoms with E-state index < -0.39 is 6.04 Å². The van der Waals surface area contributed by atoms with E-state index in [9.17, 15) is 4.79 Å². The van der Waals surface area contributed by atoms with Crippen LogP contribution in [0.25, 0.3) is 10.9 Å². The predicted octanol–water partition coefficient (Wildman–Crippen LogP) is 3.76. The van der Waals surface area contributed by atoms with Gasteiger partial charge in [-0.2, -0.15) is 0 Å². The van der Waals surface area contributed by atoms with Crippen LogP contribution in [0.3, 0.4) is 0 Å². The molecule has 0 amide bonds. The molecule has 0 saturated carbocycles. The van der Waals surface area contributed by atoms with E-state index in [-0.39, 0.29) is 17.4 Å². The first-order valence-electron chi connectivity index (χ1n) is 10.9. The number of para-hydroxylation sites is 1. The van der Waals surface area contributed by atoms with Crippen molar-refractivity contribution in [3.05, 3.63) is 71.4 Å². The number of rotatable bonds is 3. The van der Waals surface area contributed by atoms with Crippen LogP contribution >= 0.6 is 0 Å². The molecule has 5 rings (SSSR count). The zero-order chi connectivity index (χ0) is 20.7. The van der Waals surface area contributed by atoms with Gasteiger partial charge < -0.3 is 14.6 Å². The molecule has 0 unspecified atom stereocenters. The number of nitrogens with one attached hydrogen (secondary N) is 2. The van der Waals surface area contributed by atoms with E-state index in [2.05, 4.69) is 58.6 Å². The van der Waals surface area contributed by atoms with Crippen LogP contribution in [0.2, 0.25) is 0 Å². The van der Waals surface area contributed by atoms with Gasteiger partial charge in [-0.15, -0.1) is 0 Å². The van der Waals surface area contributed by atoms with Crippen LogP contribution in [0.4, 0.5) is 0 Å². The van der Waals surface area contributed by atoms with Gasteiger partial charge in [0.25, 0.3) is 0 Å². The zero-order valence-electron chi connectivity index (χ0n) is 17.7. The molecule has 3 heterocycles. The minimum Gasteiger partial charge on any atom is -0.465 e. The van der Waals surface area contributed by atoms with E-state index in [0.29, 0.717) is 6.61 Å². The smallest absolute Gasteiger partial charge is 0.324 e. The van der Waals surface area contributed by atoms with Gasteiger partial charge in [-0.05, 0) is 57.1 Å². The Morgan fingerprint density at radius 3 is 2.53 bits per heavy atom. The third-order valence-corrected chi connectivity index (χ3v) is 6.84. The number of nitrogens with zero attached hydrogens (tertiary/aromatic N) is 1. The molecule has 2 atom stereocenters. The highest BCUT2D eigenvalue weighted by Crippen LogP contribution is 2.48. The fraction of sp³-hybridized carbons (Fsp3) is 0.400. The second-order valence-corrected chi connectivity index (χ2v) is 8.61. The van der Waals surface area contributed by atoms with E-state index in [1.54, 1.807) is 0 Å². The third-order valence-electron chi connectivity index (χ3n) is 6.84. The van der Waals surface area contributed by atoms with Gasteiger partial charge in [0, 0.05) is 22.5 Å². The van der Waals surface area contributed by atoms with Crippen molar-refractivity contribution < 1.29 is 9.53 Å². The minimum absolute atomic E-state index is 0.0957. The quantitative estimate of drug-likeness (QED) is 0.654. The number of ether oxygens (including phenoxy) is 1. The average molecular weight is 404 g/mol. The largest absolute Gasteiger partial charge is 0.465 e. The first kappa shape index (κ1) is 19.3. The SMILES string of the molecule is CCOC(=O)[C@H]1NC2(CCN(C)CC2)c2[nH]c3ccccc3c2[C@H]1c1ccccc1. The molecule has 1 spiro atoms. The van der Waals surface area contributed by atoms with Crippen LogP contribution in [0.15, 0.2) is 54.6 Å². The van der Waals surface area contributed by atoms with Crippen molar-refractivity contribution in [1.82, 2.24) is 15.2 Å². The van der Waals surface area contributed by atoms with Crippen molar-refractivity contribution >= 4 is 16.9 Å². The molecule has 1 saturated heterocycles. The highest BCUT2D eigenvalue weighted by atomic mass is 16.5. The number of likely N-dealkylation sites (tertiary alicyclic amines) is 1. The second kappa shape index (κ2) is 7.56. The number of H-pyrrole nitrogens is 1. The summed E-state index contributed by atoms with van der Waals surface area (Å²) in [4.78, 5) is 19.3. The van der Waals surface area contributed by atoms with Crippen LogP contribution in [-0.2, 0) is 15.1 Å². The number of carbonyl (C=O) groups excluding carboxylic acids is 1.